The Bertz CT molecular complexity index is 835. The molecule has 1 aromatic heterocycles. The molecule has 0 radical (unpaired) electrons. The van der Waals surface area contributed by atoms with E-state index < -0.39 is 23.4 Å². The average molecular weight is 351 g/mol. The highest BCUT2D eigenvalue weighted by atomic mass is 32.1. The van der Waals surface area contributed by atoms with Crippen molar-refractivity contribution in [3.8, 4) is 0 Å². The molecule has 0 unspecified atom stereocenters. The highest BCUT2D eigenvalue weighted by molar-refractivity contribution is 7.17. The summed E-state index contributed by atoms with van der Waals surface area (Å²) in [6.45, 7) is 1.46. The standard InChI is InChI=1S/C16H15F2N3O2S/c1-21-5-4-9-12(7-21)24-16(13(9)14(19)22)20-15(23)8-2-3-10(17)11(18)6-8/h2-3,6H,4-5,7H2,1H3,(H2,19,22)(H,20,23). The van der Waals surface area contributed by atoms with Crippen molar-refractivity contribution in [1.29, 1.82) is 0 Å². The third-order valence-corrected chi connectivity index (χ3v) is 5.04. The summed E-state index contributed by atoms with van der Waals surface area (Å²) in [6.07, 6.45) is 0.668. The maximum atomic E-state index is 13.3. The van der Waals surface area contributed by atoms with E-state index in [0.29, 0.717) is 23.5 Å². The molecule has 0 saturated carbocycles. The van der Waals surface area contributed by atoms with E-state index in [1.165, 1.54) is 17.4 Å². The number of amides is 2. The first kappa shape index (κ1) is 16.5. The summed E-state index contributed by atoms with van der Waals surface area (Å²) >= 11 is 1.28. The van der Waals surface area contributed by atoms with Crippen molar-refractivity contribution in [2.45, 2.75) is 13.0 Å². The fraction of sp³-hybridized carbons (Fsp3) is 0.250. The number of nitrogens with zero attached hydrogens (tertiary/aromatic N) is 1. The van der Waals surface area contributed by atoms with Crippen LogP contribution < -0.4 is 11.1 Å². The van der Waals surface area contributed by atoms with E-state index in [1.807, 2.05) is 7.05 Å². The number of fused-ring (bicyclic) bond motifs is 1. The normalized spacial score (nSPS) is 14.3. The number of rotatable bonds is 3. The second-order valence-electron chi connectivity index (χ2n) is 5.64. The second kappa shape index (κ2) is 6.29. The number of carbonyl (C=O) groups excluding carboxylic acids is 2. The van der Waals surface area contributed by atoms with Gasteiger partial charge in [-0.3, -0.25) is 9.59 Å². The van der Waals surface area contributed by atoms with Gasteiger partial charge in [0.2, 0.25) is 0 Å². The van der Waals surface area contributed by atoms with E-state index >= 15 is 0 Å². The number of hydrogen-bond acceptors (Lipinski definition) is 4. The minimum atomic E-state index is -1.11. The van der Waals surface area contributed by atoms with E-state index in [2.05, 4.69) is 10.2 Å². The maximum Gasteiger partial charge on any atom is 0.256 e. The van der Waals surface area contributed by atoms with Gasteiger partial charge < -0.3 is 16.0 Å². The first-order valence-corrected chi connectivity index (χ1v) is 8.07. The van der Waals surface area contributed by atoms with Crippen LogP contribution in [0.5, 0.6) is 0 Å². The summed E-state index contributed by atoms with van der Waals surface area (Å²) in [4.78, 5) is 27.2. The quantitative estimate of drug-likeness (QED) is 0.891. The zero-order valence-corrected chi connectivity index (χ0v) is 13.7. The van der Waals surface area contributed by atoms with E-state index in [-0.39, 0.29) is 5.56 Å². The topological polar surface area (TPSA) is 75.4 Å². The number of anilines is 1. The number of hydrogen-bond donors (Lipinski definition) is 2. The molecule has 2 amide bonds. The second-order valence-corrected chi connectivity index (χ2v) is 6.75. The number of carbonyl (C=O) groups is 2. The molecule has 3 N–H and O–H groups in total. The third-order valence-electron chi connectivity index (χ3n) is 3.90. The lowest BCUT2D eigenvalue weighted by Gasteiger charge is -2.22. The summed E-state index contributed by atoms with van der Waals surface area (Å²) in [5, 5.41) is 2.94. The lowest BCUT2D eigenvalue weighted by molar-refractivity contribution is 0.1000. The molecule has 0 aliphatic carbocycles. The average Bonchev–Trinajstić information content (AvgIpc) is 2.86. The molecule has 126 valence electrons. The van der Waals surface area contributed by atoms with Crippen LogP contribution in [-0.4, -0.2) is 30.3 Å². The monoisotopic (exact) mass is 351 g/mol. The van der Waals surface area contributed by atoms with Crippen molar-refractivity contribution in [3.05, 3.63) is 51.4 Å². The predicted octanol–water partition coefficient (Wildman–Crippen LogP) is 2.37. The third kappa shape index (κ3) is 3.02. The van der Waals surface area contributed by atoms with Gasteiger partial charge in [-0.25, -0.2) is 8.78 Å². The van der Waals surface area contributed by atoms with Gasteiger partial charge in [-0.15, -0.1) is 11.3 Å². The number of nitrogens with two attached hydrogens (primary N) is 1. The molecule has 2 aromatic rings. The molecule has 1 aliphatic rings. The number of primary amides is 1. The van der Waals surface area contributed by atoms with Gasteiger partial charge in [0, 0.05) is 23.5 Å². The Hall–Kier alpha value is -2.32. The van der Waals surface area contributed by atoms with Crippen LogP contribution in [0.2, 0.25) is 0 Å². The molecule has 3 rings (SSSR count). The van der Waals surface area contributed by atoms with Crippen LogP contribution in [0, 0.1) is 11.6 Å². The molecule has 8 heteroatoms. The summed E-state index contributed by atoms with van der Waals surface area (Å²) in [6, 6.07) is 2.88. The Balaban J connectivity index is 1.93. The zero-order chi connectivity index (χ0) is 17.4. The molecule has 2 heterocycles. The Kier molecular flexibility index (Phi) is 4.33. The molecule has 0 spiro atoms. The summed E-state index contributed by atoms with van der Waals surface area (Å²) in [7, 11) is 1.96. The van der Waals surface area contributed by atoms with Crippen molar-refractivity contribution in [2.24, 2.45) is 5.73 Å². The van der Waals surface area contributed by atoms with Crippen LogP contribution in [0.1, 0.15) is 31.2 Å². The predicted molar refractivity (Wildman–Crippen MR) is 87.2 cm³/mol. The van der Waals surface area contributed by atoms with Gasteiger partial charge in [-0.1, -0.05) is 0 Å². The molecule has 5 nitrogen and oxygen atoms in total. The first-order valence-electron chi connectivity index (χ1n) is 7.26. The van der Waals surface area contributed by atoms with E-state index in [4.69, 9.17) is 5.73 Å². The van der Waals surface area contributed by atoms with E-state index in [1.54, 1.807) is 0 Å². The highest BCUT2D eigenvalue weighted by Gasteiger charge is 2.26. The molecular weight excluding hydrogens is 336 g/mol. The van der Waals surface area contributed by atoms with Gasteiger partial charge in [0.25, 0.3) is 11.8 Å². The van der Waals surface area contributed by atoms with Gasteiger partial charge in [-0.05, 0) is 37.2 Å². The van der Waals surface area contributed by atoms with Gasteiger partial charge in [-0.2, -0.15) is 0 Å². The van der Waals surface area contributed by atoms with Crippen LogP contribution in [0.25, 0.3) is 0 Å². The van der Waals surface area contributed by atoms with Crippen molar-refractivity contribution < 1.29 is 18.4 Å². The molecule has 1 aliphatic heterocycles. The van der Waals surface area contributed by atoms with Crippen LogP contribution in [0.3, 0.4) is 0 Å². The number of benzene rings is 1. The SMILES string of the molecule is CN1CCc2c(sc(NC(=O)c3ccc(F)c(F)c3)c2C(N)=O)C1. The Morgan fingerprint density at radius 2 is 2.04 bits per heavy atom. The van der Waals surface area contributed by atoms with Crippen molar-refractivity contribution in [2.75, 3.05) is 18.9 Å². The Morgan fingerprint density at radius 3 is 2.71 bits per heavy atom. The lowest BCUT2D eigenvalue weighted by Crippen LogP contribution is -2.27. The minimum absolute atomic E-state index is 0.0344. The molecular formula is C16H15F2N3O2S. The van der Waals surface area contributed by atoms with Crippen molar-refractivity contribution in [1.82, 2.24) is 4.90 Å². The van der Waals surface area contributed by atoms with Gasteiger partial charge in [0.05, 0.1) is 5.56 Å². The van der Waals surface area contributed by atoms with Gasteiger partial charge >= 0.3 is 0 Å². The molecule has 0 fully saturated rings. The van der Waals surface area contributed by atoms with Crippen molar-refractivity contribution >= 4 is 28.2 Å². The van der Waals surface area contributed by atoms with E-state index in [0.717, 1.165) is 29.1 Å². The molecule has 24 heavy (non-hydrogen) atoms. The summed E-state index contributed by atoms with van der Waals surface area (Å²) < 4.78 is 26.3. The van der Waals surface area contributed by atoms with Crippen LogP contribution in [0.15, 0.2) is 18.2 Å². The highest BCUT2D eigenvalue weighted by Crippen LogP contribution is 2.36. The number of likely N-dealkylation sites (N-methyl/N-ethyl adjacent to an activating group) is 1. The zero-order valence-electron chi connectivity index (χ0n) is 12.9. The largest absolute Gasteiger partial charge is 0.365 e. The van der Waals surface area contributed by atoms with Crippen LogP contribution in [-0.2, 0) is 13.0 Å². The van der Waals surface area contributed by atoms with Gasteiger partial charge in [0.15, 0.2) is 11.6 Å². The Morgan fingerprint density at radius 1 is 1.29 bits per heavy atom. The summed E-state index contributed by atoms with van der Waals surface area (Å²) in [5.74, 6) is -3.37. The molecule has 1 aromatic carbocycles. The maximum absolute atomic E-state index is 13.3. The van der Waals surface area contributed by atoms with E-state index in [9.17, 15) is 18.4 Å². The summed E-state index contributed by atoms with van der Waals surface area (Å²) in [5.41, 5.74) is 6.59. The fourth-order valence-electron chi connectivity index (χ4n) is 2.69. The molecule has 0 bridgehead atoms. The molecule has 0 atom stereocenters. The Labute approximate surface area is 141 Å². The molecule has 0 saturated heterocycles. The smallest absolute Gasteiger partial charge is 0.256 e. The fourth-order valence-corrected chi connectivity index (χ4v) is 4.02. The van der Waals surface area contributed by atoms with Crippen LogP contribution in [0.4, 0.5) is 13.8 Å². The van der Waals surface area contributed by atoms with Crippen molar-refractivity contribution in [3.63, 3.8) is 0 Å². The lowest BCUT2D eigenvalue weighted by atomic mass is 10.0. The first-order chi connectivity index (χ1) is 11.4. The number of nitrogens with one attached hydrogen (secondary N) is 1. The van der Waals surface area contributed by atoms with Crippen LogP contribution >= 0.6 is 11.3 Å². The number of thiophene rings is 1. The number of halogens is 2. The minimum Gasteiger partial charge on any atom is -0.365 e. The van der Waals surface area contributed by atoms with Gasteiger partial charge in [0.1, 0.15) is 5.00 Å².